The first kappa shape index (κ1) is 12.3. The van der Waals surface area contributed by atoms with Crippen molar-refractivity contribution in [1.82, 2.24) is 0 Å². The van der Waals surface area contributed by atoms with Crippen molar-refractivity contribution in [1.29, 1.82) is 0 Å². The van der Waals surface area contributed by atoms with Crippen LogP contribution in [0.4, 0.5) is 0 Å². The van der Waals surface area contributed by atoms with Crippen LogP contribution in [0.25, 0.3) is 10.8 Å². The molecule has 2 unspecified atom stereocenters. The molecule has 3 heteroatoms. The Morgan fingerprint density at radius 3 is 2.68 bits per heavy atom. The minimum Gasteiger partial charge on any atom is -0.379 e. The normalized spacial score (nSPS) is 26.7. The van der Waals surface area contributed by atoms with Crippen molar-refractivity contribution in [3.05, 3.63) is 48.0 Å². The summed E-state index contributed by atoms with van der Waals surface area (Å²) in [4.78, 5) is 12.7. The maximum atomic E-state index is 12.7. The summed E-state index contributed by atoms with van der Waals surface area (Å²) in [6.07, 6.45) is 0. The molecule has 3 rings (SSSR count). The first-order valence-electron chi connectivity index (χ1n) is 6.48. The Kier molecular flexibility index (Phi) is 2.88. The maximum absolute atomic E-state index is 12.7. The predicted octanol–water partition coefficient (Wildman–Crippen LogP) is 2.39. The van der Waals surface area contributed by atoms with E-state index in [1.165, 1.54) is 0 Å². The van der Waals surface area contributed by atoms with E-state index in [1.807, 2.05) is 49.4 Å². The average molecular weight is 255 g/mol. The van der Waals surface area contributed by atoms with Gasteiger partial charge < -0.3 is 10.5 Å². The zero-order valence-corrected chi connectivity index (χ0v) is 10.9. The molecule has 0 bridgehead atoms. The number of benzene rings is 2. The van der Waals surface area contributed by atoms with E-state index in [4.69, 9.17) is 10.5 Å². The fourth-order valence-corrected chi connectivity index (χ4v) is 2.58. The number of carbonyl (C=O) groups excluding carboxylic acids is 1. The smallest absolute Gasteiger partial charge is 0.172 e. The number of rotatable bonds is 2. The van der Waals surface area contributed by atoms with Crippen molar-refractivity contribution in [2.45, 2.75) is 13.0 Å². The number of ether oxygens (including phenoxy) is 1. The van der Waals surface area contributed by atoms with E-state index in [0.29, 0.717) is 18.8 Å². The molecule has 0 amide bonds. The van der Waals surface area contributed by atoms with Crippen LogP contribution in [-0.4, -0.2) is 25.0 Å². The van der Waals surface area contributed by atoms with Crippen molar-refractivity contribution in [2.75, 3.05) is 13.2 Å². The first-order valence-corrected chi connectivity index (χ1v) is 6.48. The molecule has 2 aromatic carbocycles. The van der Waals surface area contributed by atoms with Crippen molar-refractivity contribution in [2.24, 2.45) is 11.1 Å². The summed E-state index contributed by atoms with van der Waals surface area (Å²) in [7, 11) is 0. The second-order valence-electron chi connectivity index (χ2n) is 5.43. The molecule has 2 atom stereocenters. The molecular weight excluding hydrogens is 238 g/mol. The summed E-state index contributed by atoms with van der Waals surface area (Å²) in [5, 5.41) is 2.21. The summed E-state index contributed by atoms with van der Waals surface area (Å²) in [6.45, 7) is 2.75. The lowest BCUT2D eigenvalue weighted by molar-refractivity contribution is 0.0768. The van der Waals surface area contributed by atoms with Gasteiger partial charge in [0.2, 0.25) is 0 Å². The van der Waals surface area contributed by atoms with Gasteiger partial charge in [-0.25, -0.2) is 0 Å². The van der Waals surface area contributed by atoms with E-state index in [1.54, 1.807) is 0 Å². The van der Waals surface area contributed by atoms with Crippen LogP contribution in [0.5, 0.6) is 0 Å². The molecule has 1 heterocycles. The largest absolute Gasteiger partial charge is 0.379 e. The third-order valence-corrected chi connectivity index (χ3v) is 4.05. The van der Waals surface area contributed by atoms with Crippen LogP contribution in [0, 0.1) is 5.41 Å². The van der Waals surface area contributed by atoms with Crippen molar-refractivity contribution in [3.63, 3.8) is 0 Å². The van der Waals surface area contributed by atoms with Crippen LogP contribution in [-0.2, 0) is 4.74 Å². The second-order valence-corrected chi connectivity index (χ2v) is 5.43. The van der Waals surface area contributed by atoms with Gasteiger partial charge in [0, 0.05) is 11.6 Å². The molecule has 98 valence electrons. The molecule has 19 heavy (non-hydrogen) atoms. The van der Waals surface area contributed by atoms with Gasteiger partial charge in [-0.05, 0) is 23.8 Å². The highest BCUT2D eigenvalue weighted by molar-refractivity contribution is 6.03. The van der Waals surface area contributed by atoms with Crippen molar-refractivity contribution >= 4 is 16.6 Å². The molecule has 1 aliphatic rings. The van der Waals surface area contributed by atoms with Gasteiger partial charge in [0.15, 0.2) is 5.78 Å². The topological polar surface area (TPSA) is 52.3 Å². The number of carbonyl (C=O) groups is 1. The molecule has 2 N–H and O–H groups in total. The third-order valence-electron chi connectivity index (χ3n) is 4.05. The molecule has 2 aromatic rings. The lowest BCUT2D eigenvalue weighted by Gasteiger charge is -2.25. The monoisotopic (exact) mass is 255 g/mol. The summed E-state index contributed by atoms with van der Waals surface area (Å²) < 4.78 is 5.36. The van der Waals surface area contributed by atoms with Gasteiger partial charge in [-0.1, -0.05) is 36.4 Å². The lowest BCUT2D eigenvalue weighted by atomic mass is 9.78. The van der Waals surface area contributed by atoms with Crippen molar-refractivity contribution < 1.29 is 9.53 Å². The highest BCUT2D eigenvalue weighted by atomic mass is 16.5. The summed E-state index contributed by atoms with van der Waals surface area (Å²) in [6, 6.07) is 13.6. The van der Waals surface area contributed by atoms with Gasteiger partial charge in [0.05, 0.1) is 18.6 Å². The van der Waals surface area contributed by atoms with Crippen LogP contribution in [0.2, 0.25) is 0 Å². The van der Waals surface area contributed by atoms with Crippen LogP contribution in [0.3, 0.4) is 0 Å². The Morgan fingerprint density at radius 2 is 2.00 bits per heavy atom. The fraction of sp³-hybridized carbons (Fsp3) is 0.312. The van der Waals surface area contributed by atoms with E-state index in [2.05, 4.69) is 0 Å². The standard InChI is InChI=1S/C16H17NO2/c1-16(10-19-9-14(16)17)15(18)13-7-6-11-4-2-3-5-12(11)8-13/h2-8,14H,9-10,17H2,1H3. The molecule has 0 radical (unpaired) electrons. The number of fused-ring (bicyclic) bond motifs is 1. The predicted molar refractivity (Wildman–Crippen MR) is 75.2 cm³/mol. The molecule has 0 saturated carbocycles. The molecule has 1 saturated heterocycles. The van der Waals surface area contributed by atoms with Crippen LogP contribution >= 0.6 is 0 Å². The Bertz CT molecular complexity index is 637. The number of Topliss-reactive ketones (excluding diaryl/α,β-unsaturated/α-hetero) is 1. The maximum Gasteiger partial charge on any atom is 0.172 e. The average Bonchev–Trinajstić information content (AvgIpc) is 2.78. The zero-order valence-electron chi connectivity index (χ0n) is 10.9. The Labute approximate surface area is 112 Å². The Balaban J connectivity index is 2.02. The summed E-state index contributed by atoms with van der Waals surface area (Å²) >= 11 is 0. The highest BCUT2D eigenvalue weighted by Gasteiger charge is 2.44. The highest BCUT2D eigenvalue weighted by Crippen LogP contribution is 2.32. The van der Waals surface area contributed by atoms with E-state index in [0.717, 1.165) is 10.8 Å². The third kappa shape index (κ3) is 1.95. The molecule has 3 nitrogen and oxygen atoms in total. The first-order chi connectivity index (χ1) is 9.11. The van der Waals surface area contributed by atoms with Crippen molar-refractivity contribution in [3.8, 4) is 0 Å². The van der Waals surface area contributed by atoms with Gasteiger partial charge >= 0.3 is 0 Å². The molecule has 0 spiro atoms. The molecule has 0 aromatic heterocycles. The second kappa shape index (κ2) is 4.44. The summed E-state index contributed by atoms with van der Waals surface area (Å²) in [5.41, 5.74) is 6.12. The van der Waals surface area contributed by atoms with Gasteiger partial charge in [-0.3, -0.25) is 4.79 Å². The van der Waals surface area contributed by atoms with Crippen LogP contribution in [0.1, 0.15) is 17.3 Å². The van der Waals surface area contributed by atoms with E-state index in [9.17, 15) is 4.79 Å². The minimum atomic E-state index is -0.609. The Morgan fingerprint density at radius 1 is 1.26 bits per heavy atom. The minimum absolute atomic E-state index is 0.0725. The molecule has 1 fully saturated rings. The molecule has 0 aliphatic carbocycles. The Hall–Kier alpha value is -1.71. The number of nitrogens with two attached hydrogens (primary N) is 1. The number of hydrogen-bond donors (Lipinski definition) is 1. The van der Waals surface area contributed by atoms with Gasteiger partial charge in [0.1, 0.15) is 0 Å². The SMILES string of the molecule is CC1(C(=O)c2ccc3ccccc3c2)COCC1N. The van der Waals surface area contributed by atoms with Crippen LogP contribution < -0.4 is 5.73 Å². The quantitative estimate of drug-likeness (QED) is 0.838. The number of hydrogen-bond acceptors (Lipinski definition) is 3. The van der Waals surface area contributed by atoms with E-state index < -0.39 is 5.41 Å². The zero-order chi connectivity index (χ0) is 13.5. The summed E-state index contributed by atoms with van der Waals surface area (Å²) in [5.74, 6) is 0.0725. The van der Waals surface area contributed by atoms with E-state index >= 15 is 0 Å². The van der Waals surface area contributed by atoms with Gasteiger partial charge in [0.25, 0.3) is 0 Å². The fourth-order valence-electron chi connectivity index (χ4n) is 2.58. The number of ketones is 1. The van der Waals surface area contributed by atoms with Crippen LogP contribution in [0.15, 0.2) is 42.5 Å². The molecular formula is C16H17NO2. The van der Waals surface area contributed by atoms with Gasteiger partial charge in [-0.15, -0.1) is 0 Å². The van der Waals surface area contributed by atoms with Gasteiger partial charge in [-0.2, -0.15) is 0 Å². The lowest BCUT2D eigenvalue weighted by Crippen LogP contribution is -2.44. The molecule has 1 aliphatic heterocycles. The van der Waals surface area contributed by atoms with E-state index in [-0.39, 0.29) is 11.8 Å².